The van der Waals surface area contributed by atoms with Crippen LogP contribution in [-0.4, -0.2) is 27.5 Å². The summed E-state index contributed by atoms with van der Waals surface area (Å²) in [6.45, 7) is 6.10. The fourth-order valence-electron chi connectivity index (χ4n) is 2.08. The number of aliphatic hydroxyl groups is 1. The second-order valence-corrected chi connectivity index (χ2v) is 5.52. The number of urea groups is 1. The van der Waals surface area contributed by atoms with Crippen molar-refractivity contribution in [1.29, 1.82) is 0 Å². The van der Waals surface area contributed by atoms with Crippen molar-refractivity contribution in [2.75, 3.05) is 11.9 Å². The predicted octanol–water partition coefficient (Wildman–Crippen LogP) is 2.63. The van der Waals surface area contributed by atoms with Crippen molar-refractivity contribution >= 4 is 11.8 Å². The minimum absolute atomic E-state index is 0.144. The summed E-state index contributed by atoms with van der Waals surface area (Å²) in [5, 5.41) is 19.6. The van der Waals surface area contributed by atoms with Crippen LogP contribution in [0.25, 0.3) is 0 Å². The number of hydrogen-bond donors (Lipinski definition) is 3. The molecule has 6 nitrogen and oxygen atoms in total. The summed E-state index contributed by atoms with van der Waals surface area (Å²) in [4.78, 5) is 11.9. The molecule has 2 aromatic rings. The van der Waals surface area contributed by atoms with Gasteiger partial charge in [0.2, 0.25) is 0 Å². The standard InChI is InChI=1S/C16H22N4O2/c1-11(2)20-15(8-9-18-20)19-16(22)17-10-14(21)13-6-4-12(3)5-7-13/h4-9,11,14,21H,10H2,1-3H3,(H2,17,19,22). The topological polar surface area (TPSA) is 79.2 Å². The van der Waals surface area contributed by atoms with Crippen LogP contribution in [0, 0.1) is 6.92 Å². The monoisotopic (exact) mass is 302 g/mol. The van der Waals surface area contributed by atoms with Crippen LogP contribution in [0.1, 0.15) is 37.1 Å². The Kier molecular flexibility index (Phi) is 5.16. The molecule has 0 aliphatic heterocycles. The number of nitrogens with zero attached hydrogens (tertiary/aromatic N) is 2. The van der Waals surface area contributed by atoms with Gasteiger partial charge in [0.1, 0.15) is 5.82 Å². The average Bonchev–Trinajstić information content (AvgIpc) is 2.94. The lowest BCUT2D eigenvalue weighted by Crippen LogP contribution is -2.33. The SMILES string of the molecule is Cc1ccc(C(O)CNC(=O)Nc2ccnn2C(C)C)cc1. The molecule has 0 aliphatic carbocycles. The molecule has 0 bridgehead atoms. The first-order valence-corrected chi connectivity index (χ1v) is 7.30. The number of aryl methyl sites for hydroxylation is 1. The van der Waals surface area contributed by atoms with E-state index in [1.54, 1.807) is 16.9 Å². The fourth-order valence-corrected chi connectivity index (χ4v) is 2.08. The van der Waals surface area contributed by atoms with Crippen LogP contribution >= 0.6 is 0 Å². The first-order chi connectivity index (χ1) is 10.5. The van der Waals surface area contributed by atoms with Crippen molar-refractivity contribution in [2.45, 2.75) is 32.9 Å². The van der Waals surface area contributed by atoms with Crippen molar-refractivity contribution in [3.05, 3.63) is 47.7 Å². The number of aromatic nitrogens is 2. The van der Waals surface area contributed by atoms with Crippen LogP contribution in [0.4, 0.5) is 10.6 Å². The van der Waals surface area contributed by atoms with Crippen LogP contribution in [0.3, 0.4) is 0 Å². The normalized spacial score (nSPS) is 12.2. The molecule has 0 spiro atoms. The Morgan fingerprint density at radius 1 is 1.27 bits per heavy atom. The molecule has 3 N–H and O–H groups in total. The Hall–Kier alpha value is -2.34. The molecule has 0 aliphatic rings. The smallest absolute Gasteiger partial charge is 0.320 e. The average molecular weight is 302 g/mol. The van der Waals surface area contributed by atoms with Crippen LogP contribution in [0.15, 0.2) is 36.5 Å². The summed E-state index contributed by atoms with van der Waals surface area (Å²) in [5.41, 5.74) is 1.90. The van der Waals surface area contributed by atoms with Crippen molar-refractivity contribution in [3.8, 4) is 0 Å². The number of nitrogens with one attached hydrogen (secondary N) is 2. The molecule has 6 heteroatoms. The molecule has 1 unspecified atom stereocenters. The van der Waals surface area contributed by atoms with E-state index in [4.69, 9.17) is 0 Å². The Balaban J connectivity index is 1.87. The first kappa shape index (κ1) is 16.0. The zero-order valence-electron chi connectivity index (χ0n) is 13.1. The zero-order chi connectivity index (χ0) is 16.1. The minimum atomic E-state index is -0.735. The molecule has 2 rings (SSSR count). The molecule has 0 fully saturated rings. The second kappa shape index (κ2) is 7.09. The van der Waals surface area contributed by atoms with Crippen molar-refractivity contribution in [2.24, 2.45) is 0 Å². The van der Waals surface area contributed by atoms with Gasteiger partial charge in [0.15, 0.2) is 0 Å². The van der Waals surface area contributed by atoms with Gasteiger partial charge in [-0.05, 0) is 26.3 Å². The van der Waals surface area contributed by atoms with E-state index in [0.29, 0.717) is 5.82 Å². The van der Waals surface area contributed by atoms with Crippen LogP contribution in [-0.2, 0) is 0 Å². The largest absolute Gasteiger partial charge is 0.387 e. The molecule has 1 heterocycles. The van der Waals surface area contributed by atoms with Crippen molar-refractivity contribution < 1.29 is 9.90 Å². The Morgan fingerprint density at radius 3 is 2.59 bits per heavy atom. The lowest BCUT2D eigenvalue weighted by molar-refractivity contribution is 0.175. The van der Waals surface area contributed by atoms with Gasteiger partial charge in [0.25, 0.3) is 0 Å². The molecular weight excluding hydrogens is 280 g/mol. The molecule has 118 valence electrons. The number of rotatable bonds is 5. The lowest BCUT2D eigenvalue weighted by atomic mass is 10.1. The van der Waals surface area contributed by atoms with Crippen molar-refractivity contribution in [1.82, 2.24) is 15.1 Å². The van der Waals surface area contributed by atoms with Gasteiger partial charge in [0.05, 0.1) is 12.3 Å². The van der Waals surface area contributed by atoms with Gasteiger partial charge in [-0.2, -0.15) is 5.10 Å². The summed E-state index contributed by atoms with van der Waals surface area (Å²) in [6.07, 6.45) is 0.901. The highest BCUT2D eigenvalue weighted by atomic mass is 16.3. The van der Waals surface area contributed by atoms with Crippen LogP contribution < -0.4 is 10.6 Å². The van der Waals surface area contributed by atoms with Gasteiger partial charge in [-0.25, -0.2) is 9.48 Å². The van der Waals surface area contributed by atoms with Gasteiger partial charge in [0, 0.05) is 18.7 Å². The molecule has 0 saturated carbocycles. The Bertz CT molecular complexity index is 619. The Labute approximate surface area is 130 Å². The fraction of sp³-hybridized carbons (Fsp3) is 0.375. The number of benzene rings is 1. The summed E-state index contributed by atoms with van der Waals surface area (Å²) in [5.74, 6) is 0.623. The maximum atomic E-state index is 11.9. The zero-order valence-corrected chi connectivity index (χ0v) is 13.1. The quantitative estimate of drug-likeness (QED) is 0.794. The number of amides is 2. The molecule has 1 aromatic carbocycles. The number of carbonyl (C=O) groups is 1. The second-order valence-electron chi connectivity index (χ2n) is 5.52. The molecule has 0 saturated heterocycles. The molecule has 0 radical (unpaired) electrons. The minimum Gasteiger partial charge on any atom is -0.387 e. The third-order valence-electron chi connectivity index (χ3n) is 3.32. The van der Waals surface area contributed by atoms with E-state index in [-0.39, 0.29) is 18.6 Å². The molecule has 2 amide bonds. The highest BCUT2D eigenvalue weighted by molar-refractivity contribution is 5.88. The number of carbonyl (C=O) groups excluding carboxylic acids is 1. The van der Waals surface area contributed by atoms with Gasteiger partial charge in [-0.1, -0.05) is 29.8 Å². The summed E-state index contributed by atoms with van der Waals surface area (Å²) in [6, 6.07) is 9.09. The third kappa shape index (κ3) is 4.08. The summed E-state index contributed by atoms with van der Waals surface area (Å²) < 4.78 is 1.72. The number of anilines is 1. The van der Waals surface area contributed by atoms with E-state index in [2.05, 4.69) is 15.7 Å². The number of aliphatic hydroxyl groups excluding tert-OH is 1. The lowest BCUT2D eigenvalue weighted by Gasteiger charge is -2.15. The van der Waals surface area contributed by atoms with Crippen molar-refractivity contribution in [3.63, 3.8) is 0 Å². The van der Waals surface area contributed by atoms with E-state index < -0.39 is 6.10 Å². The molecule has 1 aromatic heterocycles. The highest BCUT2D eigenvalue weighted by Gasteiger charge is 2.12. The summed E-state index contributed by atoms with van der Waals surface area (Å²) >= 11 is 0. The maximum absolute atomic E-state index is 11.9. The number of hydrogen-bond acceptors (Lipinski definition) is 3. The van der Waals surface area contributed by atoms with E-state index in [1.807, 2.05) is 45.0 Å². The van der Waals surface area contributed by atoms with Gasteiger partial charge < -0.3 is 10.4 Å². The van der Waals surface area contributed by atoms with Gasteiger partial charge >= 0.3 is 6.03 Å². The van der Waals surface area contributed by atoms with Gasteiger partial charge in [-0.15, -0.1) is 0 Å². The highest BCUT2D eigenvalue weighted by Crippen LogP contribution is 2.14. The van der Waals surface area contributed by atoms with Crippen LogP contribution in [0.5, 0.6) is 0 Å². The van der Waals surface area contributed by atoms with Crippen LogP contribution in [0.2, 0.25) is 0 Å². The van der Waals surface area contributed by atoms with E-state index in [1.165, 1.54) is 0 Å². The molecular formula is C16H22N4O2. The summed E-state index contributed by atoms with van der Waals surface area (Å²) in [7, 11) is 0. The third-order valence-corrected chi connectivity index (χ3v) is 3.32. The molecule has 1 atom stereocenters. The predicted molar refractivity (Wildman–Crippen MR) is 85.8 cm³/mol. The van der Waals surface area contributed by atoms with E-state index in [0.717, 1.165) is 11.1 Å². The van der Waals surface area contributed by atoms with Gasteiger partial charge in [-0.3, -0.25) is 5.32 Å². The molecule has 22 heavy (non-hydrogen) atoms. The Morgan fingerprint density at radius 2 is 1.95 bits per heavy atom. The maximum Gasteiger partial charge on any atom is 0.320 e. The van der Waals surface area contributed by atoms with E-state index >= 15 is 0 Å². The van der Waals surface area contributed by atoms with E-state index in [9.17, 15) is 9.90 Å². The first-order valence-electron chi connectivity index (χ1n) is 7.30.